The van der Waals surface area contributed by atoms with E-state index in [1.54, 1.807) is 6.07 Å². The van der Waals surface area contributed by atoms with Crippen LogP contribution >= 0.6 is 0 Å². The summed E-state index contributed by atoms with van der Waals surface area (Å²) in [6, 6.07) is 1.77. The van der Waals surface area contributed by atoms with Crippen LogP contribution in [0.5, 0.6) is 5.88 Å². The van der Waals surface area contributed by atoms with Crippen LogP contribution in [-0.2, 0) is 0 Å². The number of nitrogens with zero attached hydrogens (tertiary/aromatic N) is 2. The van der Waals surface area contributed by atoms with Gasteiger partial charge in [0.15, 0.2) is 0 Å². The van der Waals surface area contributed by atoms with Crippen LogP contribution in [0.3, 0.4) is 0 Å². The van der Waals surface area contributed by atoms with Gasteiger partial charge in [0.25, 0.3) is 0 Å². The highest BCUT2D eigenvalue weighted by molar-refractivity contribution is 5.42. The van der Waals surface area contributed by atoms with E-state index in [1.165, 1.54) is 0 Å². The number of rotatable bonds is 6. The van der Waals surface area contributed by atoms with Crippen LogP contribution in [0.2, 0.25) is 0 Å². The van der Waals surface area contributed by atoms with Gasteiger partial charge in [0.2, 0.25) is 11.8 Å². The predicted octanol–water partition coefficient (Wildman–Crippen LogP) is 2.06. The van der Waals surface area contributed by atoms with Crippen LogP contribution in [0.25, 0.3) is 0 Å². The van der Waals surface area contributed by atoms with Gasteiger partial charge in [0.05, 0.1) is 6.10 Å². The Kier molecular flexibility index (Phi) is 4.82. The Morgan fingerprint density at radius 3 is 2.81 bits per heavy atom. The summed E-state index contributed by atoms with van der Waals surface area (Å²) in [6.07, 6.45) is 2.23. The van der Waals surface area contributed by atoms with E-state index >= 15 is 0 Å². The molecule has 1 aromatic heterocycles. The second-order valence-electron chi connectivity index (χ2n) is 3.70. The molecular weight excluding hydrogens is 204 g/mol. The molecule has 0 saturated heterocycles. The smallest absolute Gasteiger partial charge is 0.225 e. The normalized spacial score (nSPS) is 12.2. The summed E-state index contributed by atoms with van der Waals surface area (Å²) >= 11 is 0. The molecule has 1 atom stereocenters. The van der Waals surface area contributed by atoms with Crippen molar-refractivity contribution in [1.29, 1.82) is 0 Å². The standard InChI is InChI=1S/C11H20N4O/c1-4-6-8(3)16-10-7-9(13-5-2)14-11(12)15-10/h7-8H,4-6H2,1-3H3,(H3,12,13,14,15). The van der Waals surface area contributed by atoms with E-state index in [2.05, 4.69) is 22.2 Å². The zero-order chi connectivity index (χ0) is 12.0. The Bertz CT molecular complexity index is 330. The highest BCUT2D eigenvalue weighted by Crippen LogP contribution is 2.16. The highest BCUT2D eigenvalue weighted by atomic mass is 16.5. The van der Waals surface area contributed by atoms with Crippen molar-refractivity contribution < 1.29 is 4.74 Å². The van der Waals surface area contributed by atoms with Gasteiger partial charge in [-0.25, -0.2) is 0 Å². The van der Waals surface area contributed by atoms with Crippen molar-refractivity contribution in [1.82, 2.24) is 9.97 Å². The van der Waals surface area contributed by atoms with Crippen LogP contribution in [-0.4, -0.2) is 22.6 Å². The van der Waals surface area contributed by atoms with Crippen LogP contribution < -0.4 is 15.8 Å². The van der Waals surface area contributed by atoms with Gasteiger partial charge in [-0.15, -0.1) is 0 Å². The Balaban J connectivity index is 2.71. The van der Waals surface area contributed by atoms with E-state index in [9.17, 15) is 0 Å². The van der Waals surface area contributed by atoms with Crippen LogP contribution in [0.4, 0.5) is 11.8 Å². The summed E-state index contributed by atoms with van der Waals surface area (Å²) < 4.78 is 5.65. The molecule has 0 radical (unpaired) electrons. The van der Waals surface area contributed by atoms with Crippen molar-refractivity contribution in [3.63, 3.8) is 0 Å². The molecule has 0 spiro atoms. The van der Waals surface area contributed by atoms with Crippen LogP contribution in [0.1, 0.15) is 33.6 Å². The summed E-state index contributed by atoms with van der Waals surface area (Å²) in [4.78, 5) is 8.10. The monoisotopic (exact) mass is 224 g/mol. The predicted molar refractivity (Wildman–Crippen MR) is 65.6 cm³/mol. The minimum absolute atomic E-state index is 0.147. The Labute approximate surface area is 96.4 Å². The summed E-state index contributed by atoms with van der Waals surface area (Å²) in [5.41, 5.74) is 5.60. The van der Waals surface area contributed by atoms with Gasteiger partial charge < -0.3 is 15.8 Å². The van der Waals surface area contributed by atoms with Gasteiger partial charge in [0.1, 0.15) is 5.82 Å². The number of nitrogens with two attached hydrogens (primary N) is 1. The topological polar surface area (TPSA) is 73.1 Å². The minimum atomic E-state index is 0.147. The molecular formula is C11H20N4O. The van der Waals surface area contributed by atoms with Gasteiger partial charge in [-0.2, -0.15) is 9.97 Å². The van der Waals surface area contributed by atoms with Crippen molar-refractivity contribution in [2.75, 3.05) is 17.6 Å². The number of hydrogen-bond donors (Lipinski definition) is 2. The molecule has 0 fully saturated rings. The molecule has 1 aromatic rings. The summed E-state index contributed by atoms with van der Waals surface area (Å²) in [7, 11) is 0. The molecule has 3 N–H and O–H groups in total. The fraction of sp³-hybridized carbons (Fsp3) is 0.636. The molecule has 90 valence electrons. The summed E-state index contributed by atoms with van der Waals surface area (Å²) in [5.74, 6) is 1.47. The first-order chi connectivity index (χ1) is 7.65. The first-order valence-corrected chi connectivity index (χ1v) is 5.70. The molecule has 1 unspecified atom stereocenters. The number of nitrogen functional groups attached to an aromatic ring is 1. The number of hydrogen-bond acceptors (Lipinski definition) is 5. The van der Waals surface area contributed by atoms with Gasteiger partial charge >= 0.3 is 0 Å². The lowest BCUT2D eigenvalue weighted by atomic mass is 10.2. The largest absolute Gasteiger partial charge is 0.474 e. The molecule has 0 saturated carbocycles. The molecule has 0 amide bonds. The fourth-order valence-electron chi connectivity index (χ4n) is 1.45. The first kappa shape index (κ1) is 12.5. The summed E-state index contributed by atoms with van der Waals surface area (Å²) in [6.45, 7) is 6.94. The molecule has 5 nitrogen and oxygen atoms in total. The van der Waals surface area contributed by atoms with E-state index in [0.29, 0.717) is 11.7 Å². The zero-order valence-corrected chi connectivity index (χ0v) is 10.2. The number of ether oxygens (including phenoxy) is 1. The van der Waals surface area contributed by atoms with Crippen LogP contribution in [0.15, 0.2) is 6.07 Å². The van der Waals surface area contributed by atoms with Gasteiger partial charge in [0, 0.05) is 12.6 Å². The molecule has 1 rings (SSSR count). The van der Waals surface area contributed by atoms with Crippen molar-refractivity contribution in [2.45, 2.75) is 39.7 Å². The SMILES string of the molecule is CCCC(C)Oc1cc(NCC)nc(N)n1. The summed E-state index contributed by atoms with van der Waals surface area (Å²) in [5, 5.41) is 3.08. The van der Waals surface area contributed by atoms with E-state index in [4.69, 9.17) is 10.5 Å². The molecule has 5 heteroatoms. The van der Waals surface area contributed by atoms with E-state index < -0.39 is 0 Å². The van der Waals surface area contributed by atoms with Gasteiger partial charge in [-0.1, -0.05) is 13.3 Å². The molecule has 0 aliphatic carbocycles. The number of anilines is 2. The first-order valence-electron chi connectivity index (χ1n) is 5.70. The van der Waals surface area contributed by atoms with Gasteiger partial charge in [-0.3, -0.25) is 0 Å². The lowest BCUT2D eigenvalue weighted by Crippen LogP contribution is -2.13. The van der Waals surface area contributed by atoms with Crippen LogP contribution in [0, 0.1) is 0 Å². The molecule has 0 bridgehead atoms. The van der Waals surface area contributed by atoms with Crippen molar-refractivity contribution in [3.05, 3.63) is 6.07 Å². The van der Waals surface area contributed by atoms with E-state index in [0.717, 1.165) is 19.4 Å². The lowest BCUT2D eigenvalue weighted by molar-refractivity contribution is 0.201. The van der Waals surface area contributed by atoms with Gasteiger partial charge in [-0.05, 0) is 20.3 Å². The van der Waals surface area contributed by atoms with E-state index in [-0.39, 0.29) is 12.1 Å². The Hall–Kier alpha value is -1.52. The molecule has 0 aromatic carbocycles. The molecule has 16 heavy (non-hydrogen) atoms. The molecule has 0 aliphatic heterocycles. The maximum absolute atomic E-state index is 5.65. The molecule has 1 heterocycles. The number of aromatic nitrogens is 2. The van der Waals surface area contributed by atoms with Crippen molar-refractivity contribution in [2.24, 2.45) is 0 Å². The Morgan fingerprint density at radius 2 is 2.19 bits per heavy atom. The second-order valence-corrected chi connectivity index (χ2v) is 3.70. The average Bonchev–Trinajstić information content (AvgIpc) is 2.17. The van der Waals surface area contributed by atoms with Crippen molar-refractivity contribution in [3.8, 4) is 5.88 Å². The van der Waals surface area contributed by atoms with E-state index in [1.807, 2.05) is 13.8 Å². The highest BCUT2D eigenvalue weighted by Gasteiger charge is 2.06. The van der Waals surface area contributed by atoms with Crippen molar-refractivity contribution >= 4 is 11.8 Å². The third kappa shape index (κ3) is 3.92. The maximum Gasteiger partial charge on any atom is 0.225 e. The maximum atomic E-state index is 5.65. The number of nitrogens with one attached hydrogen (secondary N) is 1. The quantitative estimate of drug-likeness (QED) is 0.773. The molecule has 0 aliphatic rings. The lowest BCUT2D eigenvalue weighted by Gasteiger charge is -2.13. The third-order valence-electron chi connectivity index (χ3n) is 2.09. The zero-order valence-electron chi connectivity index (χ0n) is 10.2. The third-order valence-corrected chi connectivity index (χ3v) is 2.09. The average molecular weight is 224 g/mol. The second kappa shape index (κ2) is 6.15. The Morgan fingerprint density at radius 1 is 1.44 bits per heavy atom. The fourth-order valence-corrected chi connectivity index (χ4v) is 1.45. The minimum Gasteiger partial charge on any atom is -0.474 e.